The molecule has 5 heteroatoms. The Morgan fingerprint density at radius 1 is 0.968 bits per heavy atom. The van der Waals surface area contributed by atoms with Crippen molar-refractivity contribution in [3.8, 4) is 0 Å². The fourth-order valence-corrected chi connectivity index (χ4v) is 4.75. The van der Waals surface area contributed by atoms with Gasteiger partial charge in [0.15, 0.2) is 0 Å². The molecule has 0 radical (unpaired) electrons. The molecule has 3 aromatic carbocycles. The summed E-state index contributed by atoms with van der Waals surface area (Å²) in [5, 5.41) is 0.743. The number of anilines is 1. The first-order valence-corrected chi connectivity index (χ1v) is 11.1. The fourth-order valence-electron chi connectivity index (χ4n) is 4.56. The third-order valence-corrected chi connectivity index (χ3v) is 6.49. The number of amides is 1. The molecule has 0 bridgehead atoms. The lowest BCUT2D eigenvalue weighted by Gasteiger charge is -2.20. The van der Waals surface area contributed by atoms with Crippen molar-refractivity contribution in [2.45, 2.75) is 32.2 Å². The van der Waals surface area contributed by atoms with Crippen LogP contribution in [0, 0.1) is 0 Å². The van der Waals surface area contributed by atoms with Crippen molar-refractivity contribution in [3.63, 3.8) is 0 Å². The van der Waals surface area contributed by atoms with Crippen LogP contribution in [0.25, 0.3) is 11.0 Å². The van der Waals surface area contributed by atoms with Crippen molar-refractivity contribution in [2.75, 3.05) is 11.4 Å². The highest BCUT2D eigenvalue weighted by Gasteiger charge is 2.35. The molecule has 1 aliphatic rings. The highest BCUT2D eigenvalue weighted by Crippen LogP contribution is 2.35. The summed E-state index contributed by atoms with van der Waals surface area (Å²) < 4.78 is 2.23. The Kier molecular flexibility index (Phi) is 5.24. The lowest BCUT2D eigenvalue weighted by molar-refractivity contribution is -0.117. The first-order valence-electron chi connectivity index (χ1n) is 10.7. The van der Waals surface area contributed by atoms with Crippen LogP contribution in [0.15, 0.2) is 72.8 Å². The van der Waals surface area contributed by atoms with Crippen molar-refractivity contribution in [2.24, 2.45) is 0 Å². The van der Waals surface area contributed by atoms with E-state index in [1.165, 1.54) is 5.56 Å². The minimum absolute atomic E-state index is 0.0345. The summed E-state index contributed by atoms with van der Waals surface area (Å²) in [6, 6.07) is 24.2. The van der Waals surface area contributed by atoms with E-state index in [4.69, 9.17) is 16.6 Å². The molecule has 1 unspecified atom stereocenters. The zero-order valence-electron chi connectivity index (χ0n) is 17.5. The summed E-state index contributed by atoms with van der Waals surface area (Å²) >= 11 is 6.47. The van der Waals surface area contributed by atoms with Gasteiger partial charge in [0, 0.05) is 29.6 Å². The predicted molar refractivity (Wildman–Crippen MR) is 126 cm³/mol. The second kappa shape index (κ2) is 8.20. The third-order valence-electron chi connectivity index (χ3n) is 6.12. The zero-order chi connectivity index (χ0) is 21.4. The maximum Gasteiger partial charge on any atom is 0.227 e. The topological polar surface area (TPSA) is 38.1 Å². The van der Waals surface area contributed by atoms with Crippen molar-refractivity contribution in [1.29, 1.82) is 0 Å². The third kappa shape index (κ3) is 3.61. The van der Waals surface area contributed by atoms with Gasteiger partial charge in [-0.25, -0.2) is 4.98 Å². The van der Waals surface area contributed by atoms with Gasteiger partial charge in [0.05, 0.1) is 17.6 Å². The monoisotopic (exact) mass is 429 g/mol. The van der Waals surface area contributed by atoms with E-state index < -0.39 is 0 Å². The summed E-state index contributed by atoms with van der Waals surface area (Å²) in [6.07, 6.45) is 1.36. The number of fused-ring (bicyclic) bond motifs is 1. The van der Waals surface area contributed by atoms with E-state index in [2.05, 4.69) is 23.6 Å². The number of para-hydroxylation sites is 3. The first kappa shape index (κ1) is 19.8. The molecule has 0 spiro atoms. The van der Waals surface area contributed by atoms with Crippen molar-refractivity contribution in [1.82, 2.24) is 9.55 Å². The Hall–Kier alpha value is -3.11. The second-order valence-electron chi connectivity index (χ2n) is 8.02. The van der Waals surface area contributed by atoms with Crippen LogP contribution >= 0.6 is 11.6 Å². The van der Waals surface area contributed by atoms with Crippen LogP contribution in [0.3, 0.4) is 0 Å². The molecule has 4 nitrogen and oxygen atoms in total. The maximum absolute atomic E-state index is 13.0. The van der Waals surface area contributed by atoms with Gasteiger partial charge in [-0.05, 0) is 41.8 Å². The van der Waals surface area contributed by atoms with Crippen molar-refractivity contribution >= 4 is 34.2 Å². The number of carbonyl (C=O) groups is 1. The molecule has 1 aliphatic heterocycles. The predicted octanol–water partition coefficient (Wildman–Crippen LogP) is 5.82. The van der Waals surface area contributed by atoms with E-state index in [-0.39, 0.29) is 11.8 Å². The molecule has 1 saturated heterocycles. The Morgan fingerprint density at radius 2 is 1.68 bits per heavy atom. The molecular formula is C26H24ClN3O. The Morgan fingerprint density at radius 3 is 2.48 bits per heavy atom. The van der Waals surface area contributed by atoms with Gasteiger partial charge in [0.25, 0.3) is 0 Å². The number of halogens is 1. The standard InChI is InChI=1S/C26H24ClN3O/c1-2-18-9-4-7-13-23(18)29-17-20(15-25(29)31)26-28-22-12-6-8-14-24(22)30(26)16-19-10-3-5-11-21(19)27/h3-14,20H,2,15-17H2,1H3. The van der Waals surface area contributed by atoms with Gasteiger partial charge < -0.3 is 9.47 Å². The minimum atomic E-state index is 0.0345. The summed E-state index contributed by atoms with van der Waals surface area (Å²) in [5.74, 6) is 1.14. The molecule has 2 heterocycles. The summed E-state index contributed by atoms with van der Waals surface area (Å²) in [7, 11) is 0. The number of aryl methyl sites for hydroxylation is 1. The van der Waals surface area contributed by atoms with E-state index in [0.717, 1.165) is 39.6 Å². The van der Waals surface area contributed by atoms with Crippen LogP contribution in [0.5, 0.6) is 0 Å². The van der Waals surface area contributed by atoms with Crippen LogP contribution in [-0.4, -0.2) is 22.0 Å². The lowest BCUT2D eigenvalue weighted by atomic mass is 10.1. The largest absolute Gasteiger partial charge is 0.323 e. The molecule has 1 atom stereocenters. The number of benzene rings is 3. The van der Waals surface area contributed by atoms with Crippen LogP contribution in [-0.2, 0) is 17.8 Å². The molecule has 0 saturated carbocycles. The number of imidazole rings is 1. The Bertz CT molecular complexity index is 1260. The summed E-state index contributed by atoms with van der Waals surface area (Å²) in [4.78, 5) is 19.9. The molecule has 31 heavy (non-hydrogen) atoms. The maximum atomic E-state index is 13.0. The number of aromatic nitrogens is 2. The molecule has 1 aromatic heterocycles. The summed E-state index contributed by atoms with van der Waals surface area (Å²) in [6.45, 7) is 3.40. The smallest absolute Gasteiger partial charge is 0.227 e. The van der Waals surface area contributed by atoms with Gasteiger partial charge in [-0.3, -0.25) is 4.79 Å². The molecule has 4 aromatic rings. The quantitative estimate of drug-likeness (QED) is 0.401. The Labute approximate surface area is 187 Å². The number of carbonyl (C=O) groups excluding carboxylic acids is 1. The molecular weight excluding hydrogens is 406 g/mol. The van der Waals surface area contributed by atoms with E-state index >= 15 is 0 Å². The van der Waals surface area contributed by atoms with Gasteiger partial charge in [-0.1, -0.05) is 67.1 Å². The van der Waals surface area contributed by atoms with Crippen molar-refractivity contribution in [3.05, 3.63) is 94.8 Å². The van der Waals surface area contributed by atoms with Crippen molar-refractivity contribution < 1.29 is 4.79 Å². The second-order valence-corrected chi connectivity index (χ2v) is 8.43. The van der Waals surface area contributed by atoms with E-state index in [9.17, 15) is 4.79 Å². The SMILES string of the molecule is CCc1ccccc1N1CC(c2nc3ccccc3n2Cc2ccccc2Cl)CC1=O. The van der Waals surface area contributed by atoms with Crippen LogP contribution < -0.4 is 4.90 Å². The number of hydrogen-bond acceptors (Lipinski definition) is 2. The van der Waals surface area contributed by atoms with E-state index in [1.54, 1.807) is 0 Å². The van der Waals surface area contributed by atoms with Crippen LogP contribution in [0.4, 0.5) is 5.69 Å². The Balaban J connectivity index is 1.55. The average Bonchev–Trinajstić information content (AvgIpc) is 3.36. The van der Waals surface area contributed by atoms with Gasteiger partial charge in [-0.15, -0.1) is 0 Å². The molecule has 156 valence electrons. The van der Waals surface area contributed by atoms with Gasteiger partial charge in [0.2, 0.25) is 5.91 Å². The van der Waals surface area contributed by atoms with Crippen LogP contribution in [0.1, 0.15) is 36.2 Å². The molecule has 1 fully saturated rings. The van der Waals surface area contributed by atoms with E-state index in [0.29, 0.717) is 19.5 Å². The summed E-state index contributed by atoms with van der Waals surface area (Å²) in [5.41, 5.74) is 5.28. The molecule has 0 N–H and O–H groups in total. The highest BCUT2D eigenvalue weighted by molar-refractivity contribution is 6.31. The van der Waals surface area contributed by atoms with Gasteiger partial charge in [-0.2, -0.15) is 0 Å². The number of rotatable bonds is 5. The number of nitrogens with zero attached hydrogens (tertiary/aromatic N) is 3. The minimum Gasteiger partial charge on any atom is -0.323 e. The average molecular weight is 430 g/mol. The number of hydrogen-bond donors (Lipinski definition) is 0. The fraction of sp³-hybridized carbons (Fsp3) is 0.231. The zero-order valence-corrected chi connectivity index (χ0v) is 18.2. The lowest BCUT2D eigenvalue weighted by Crippen LogP contribution is -2.25. The normalized spacial score (nSPS) is 16.4. The van der Waals surface area contributed by atoms with Gasteiger partial charge >= 0.3 is 0 Å². The molecule has 1 amide bonds. The first-order chi connectivity index (χ1) is 15.2. The van der Waals surface area contributed by atoms with Gasteiger partial charge in [0.1, 0.15) is 5.82 Å². The van der Waals surface area contributed by atoms with Crippen LogP contribution in [0.2, 0.25) is 5.02 Å². The molecule has 0 aliphatic carbocycles. The molecule has 5 rings (SSSR count). The van der Waals surface area contributed by atoms with E-state index in [1.807, 2.05) is 65.6 Å². The highest BCUT2D eigenvalue weighted by atomic mass is 35.5.